The minimum atomic E-state index is -4.14. The molecule has 1 aliphatic heterocycles. The monoisotopic (exact) mass is 308 g/mol. The number of nitrogens with zero attached hydrogens (tertiary/aromatic N) is 2. The zero-order valence-electron chi connectivity index (χ0n) is 13.2. The van der Waals surface area contributed by atoms with E-state index in [4.69, 9.17) is 0 Å². The molecule has 1 fully saturated rings. The number of rotatable bonds is 5. The molecule has 7 heteroatoms. The van der Waals surface area contributed by atoms with Crippen molar-refractivity contribution in [1.29, 1.82) is 0 Å². The third-order valence-electron chi connectivity index (χ3n) is 3.83. The van der Waals surface area contributed by atoms with Crippen LogP contribution in [0, 0.1) is 0 Å². The molecule has 1 aliphatic rings. The minimum Gasteiger partial charge on any atom is -0.356 e. The molecule has 0 saturated carbocycles. The predicted molar refractivity (Wildman–Crippen MR) is 79.5 cm³/mol. The number of hydrogen-bond donors (Lipinski definition) is 2. The van der Waals surface area contributed by atoms with E-state index in [1.54, 1.807) is 7.05 Å². The van der Waals surface area contributed by atoms with Gasteiger partial charge in [-0.3, -0.25) is 9.89 Å². The molecule has 0 radical (unpaired) electrons. The first-order valence-corrected chi connectivity index (χ1v) is 7.51. The van der Waals surface area contributed by atoms with Crippen molar-refractivity contribution in [2.45, 2.75) is 51.2 Å². The number of halogens is 3. The topological polar surface area (TPSA) is 39.7 Å². The first-order valence-electron chi connectivity index (χ1n) is 7.51. The Bertz CT molecular complexity index is 334. The SMILES string of the molecule is CN=C(NCCC(F)(F)F)NCC(C)(C)N1CCCCC1. The summed E-state index contributed by atoms with van der Waals surface area (Å²) >= 11 is 0. The summed E-state index contributed by atoms with van der Waals surface area (Å²) in [6.07, 6.45) is -1.30. The van der Waals surface area contributed by atoms with Crippen molar-refractivity contribution in [3.05, 3.63) is 0 Å². The average Bonchev–Trinajstić information content (AvgIpc) is 2.42. The van der Waals surface area contributed by atoms with Crippen LogP contribution in [0.25, 0.3) is 0 Å². The van der Waals surface area contributed by atoms with Gasteiger partial charge in [0.25, 0.3) is 0 Å². The Hall–Kier alpha value is -0.980. The fourth-order valence-electron chi connectivity index (χ4n) is 2.45. The summed E-state index contributed by atoms with van der Waals surface area (Å²) in [5.41, 5.74) is -0.0396. The highest BCUT2D eigenvalue weighted by Crippen LogP contribution is 2.20. The zero-order chi connectivity index (χ0) is 15.9. The number of piperidine rings is 1. The van der Waals surface area contributed by atoms with E-state index in [0.29, 0.717) is 12.5 Å². The van der Waals surface area contributed by atoms with Gasteiger partial charge in [0, 0.05) is 25.7 Å². The van der Waals surface area contributed by atoms with Crippen LogP contribution in [0.4, 0.5) is 13.2 Å². The molecule has 1 rings (SSSR count). The summed E-state index contributed by atoms with van der Waals surface area (Å²) in [4.78, 5) is 6.39. The standard InChI is InChI=1S/C14H27F3N4/c1-13(2,21-9-5-4-6-10-21)11-20-12(18-3)19-8-7-14(15,16)17/h4-11H2,1-3H3,(H2,18,19,20). The Morgan fingerprint density at radius 3 is 2.24 bits per heavy atom. The molecular formula is C14H27F3N4. The van der Waals surface area contributed by atoms with Crippen LogP contribution in [-0.2, 0) is 0 Å². The Morgan fingerprint density at radius 2 is 1.71 bits per heavy atom. The number of nitrogens with one attached hydrogen (secondary N) is 2. The van der Waals surface area contributed by atoms with Gasteiger partial charge in [-0.05, 0) is 39.8 Å². The first kappa shape index (κ1) is 18.1. The molecule has 0 aromatic rings. The second-order valence-electron chi connectivity index (χ2n) is 6.08. The largest absolute Gasteiger partial charge is 0.390 e. The predicted octanol–water partition coefficient (Wildman–Crippen LogP) is 2.37. The van der Waals surface area contributed by atoms with Gasteiger partial charge in [0.1, 0.15) is 0 Å². The van der Waals surface area contributed by atoms with Crippen molar-refractivity contribution < 1.29 is 13.2 Å². The van der Waals surface area contributed by atoms with Crippen molar-refractivity contribution in [1.82, 2.24) is 15.5 Å². The van der Waals surface area contributed by atoms with E-state index in [-0.39, 0.29) is 12.1 Å². The molecule has 1 saturated heterocycles. The van der Waals surface area contributed by atoms with Gasteiger partial charge in [0.2, 0.25) is 0 Å². The molecule has 124 valence electrons. The van der Waals surface area contributed by atoms with E-state index in [9.17, 15) is 13.2 Å². The van der Waals surface area contributed by atoms with E-state index in [0.717, 1.165) is 13.1 Å². The molecule has 1 heterocycles. The molecular weight excluding hydrogens is 281 g/mol. The van der Waals surface area contributed by atoms with Crippen molar-refractivity contribution in [2.24, 2.45) is 4.99 Å². The fourth-order valence-corrected chi connectivity index (χ4v) is 2.45. The number of likely N-dealkylation sites (tertiary alicyclic amines) is 1. The Kier molecular flexibility index (Phi) is 6.77. The summed E-state index contributed by atoms with van der Waals surface area (Å²) in [5, 5.41) is 5.82. The number of aliphatic imine (C=N–C) groups is 1. The Morgan fingerprint density at radius 1 is 1.10 bits per heavy atom. The smallest absolute Gasteiger partial charge is 0.356 e. The van der Waals surface area contributed by atoms with Crippen molar-refractivity contribution in [2.75, 3.05) is 33.2 Å². The van der Waals surface area contributed by atoms with Gasteiger partial charge in [-0.25, -0.2) is 0 Å². The lowest BCUT2D eigenvalue weighted by molar-refractivity contribution is -0.132. The van der Waals surface area contributed by atoms with Crippen LogP contribution in [0.3, 0.4) is 0 Å². The molecule has 0 unspecified atom stereocenters. The highest BCUT2D eigenvalue weighted by molar-refractivity contribution is 5.79. The lowest BCUT2D eigenvalue weighted by Gasteiger charge is -2.41. The van der Waals surface area contributed by atoms with Gasteiger partial charge < -0.3 is 10.6 Å². The third-order valence-corrected chi connectivity index (χ3v) is 3.83. The van der Waals surface area contributed by atoms with Gasteiger partial charge >= 0.3 is 6.18 Å². The first-order chi connectivity index (χ1) is 9.74. The van der Waals surface area contributed by atoms with Crippen LogP contribution in [0.2, 0.25) is 0 Å². The Labute approximate surface area is 125 Å². The van der Waals surface area contributed by atoms with Crippen LogP contribution >= 0.6 is 0 Å². The van der Waals surface area contributed by atoms with Gasteiger partial charge in [0.05, 0.1) is 6.42 Å². The van der Waals surface area contributed by atoms with Crippen LogP contribution in [0.15, 0.2) is 4.99 Å². The van der Waals surface area contributed by atoms with Gasteiger partial charge in [-0.1, -0.05) is 6.42 Å². The number of alkyl halides is 3. The van der Waals surface area contributed by atoms with Gasteiger partial charge in [0.15, 0.2) is 5.96 Å². The number of hydrogen-bond acceptors (Lipinski definition) is 2. The summed E-state index contributed by atoms with van der Waals surface area (Å²) in [6.45, 7) is 6.94. The second-order valence-corrected chi connectivity index (χ2v) is 6.08. The summed E-state index contributed by atoms with van der Waals surface area (Å²) in [5.74, 6) is 0.421. The lowest BCUT2D eigenvalue weighted by Crippen LogP contribution is -2.55. The molecule has 0 bridgehead atoms. The van der Waals surface area contributed by atoms with Crippen LogP contribution in [0.5, 0.6) is 0 Å². The van der Waals surface area contributed by atoms with Crippen molar-refractivity contribution in [3.8, 4) is 0 Å². The van der Waals surface area contributed by atoms with E-state index < -0.39 is 12.6 Å². The van der Waals surface area contributed by atoms with Gasteiger partial charge in [-0.2, -0.15) is 13.2 Å². The summed E-state index contributed by atoms with van der Waals surface area (Å²) in [7, 11) is 1.57. The zero-order valence-corrected chi connectivity index (χ0v) is 13.2. The Balaban J connectivity index is 2.36. The maximum atomic E-state index is 12.1. The highest BCUT2D eigenvalue weighted by atomic mass is 19.4. The lowest BCUT2D eigenvalue weighted by atomic mass is 9.98. The molecule has 4 nitrogen and oxygen atoms in total. The van der Waals surface area contributed by atoms with Gasteiger partial charge in [-0.15, -0.1) is 0 Å². The quantitative estimate of drug-likeness (QED) is 0.605. The molecule has 0 aromatic carbocycles. The van der Waals surface area contributed by atoms with Crippen LogP contribution in [0.1, 0.15) is 39.5 Å². The van der Waals surface area contributed by atoms with Crippen LogP contribution < -0.4 is 10.6 Å². The second kappa shape index (κ2) is 7.87. The van der Waals surface area contributed by atoms with E-state index >= 15 is 0 Å². The molecule has 0 amide bonds. The third kappa shape index (κ3) is 7.02. The normalized spacial score (nSPS) is 18.7. The highest BCUT2D eigenvalue weighted by Gasteiger charge is 2.28. The minimum absolute atomic E-state index is 0.0396. The van der Waals surface area contributed by atoms with E-state index in [2.05, 4.69) is 34.4 Å². The number of guanidine groups is 1. The fraction of sp³-hybridized carbons (Fsp3) is 0.929. The van der Waals surface area contributed by atoms with Crippen LogP contribution in [-0.4, -0.2) is 55.8 Å². The maximum absolute atomic E-state index is 12.1. The summed E-state index contributed by atoms with van der Waals surface area (Å²) < 4.78 is 36.4. The molecule has 0 aliphatic carbocycles. The summed E-state index contributed by atoms with van der Waals surface area (Å²) in [6, 6.07) is 0. The average molecular weight is 308 g/mol. The van der Waals surface area contributed by atoms with Crippen molar-refractivity contribution in [3.63, 3.8) is 0 Å². The van der Waals surface area contributed by atoms with E-state index in [1.807, 2.05) is 0 Å². The molecule has 0 aromatic heterocycles. The molecule has 0 atom stereocenters. The molecule has 2 N–H and O–H groups in total. The van der Waals surface area contributed by atoms with Crippen molar-refractivity contribution >= 4 is 5.96 Å². The van der Waals surface area contributed by atoms with E-state index in [1.165, 1.54) is 19.3 Å². The maximum Gasteiger partial charge on any atom is 0.390 e. The molecule has 21 heavy (non-hydrogen) atoms. The molecule has 0 spiro atoms.